The second-order valence-electron chi connectivity index (χ2n) is 7.87. The quantitative estimate of drug-likeness (QED) is 0.719. The third kappa shape index (κ3) is 6.25. The molecule has 1 aliphatic carbocycles. The summed E-state index contributed by atoms with van der Waals surface area (Å²) in [6.07, 6.45) is 5.96. The van der Waals surface area contributed by atoms with Crippen molar-refractivity contribution in [1.82, 2.24) is 9.80 Å². The highest BCUT2D eigenvalue weighted by Gasteiger charge is 2.28. The minimum Gasteiger partial charge on any atom is -0.340 e. The van der Waals surface area contributed by atoms with Gasteiger partial charge in [-0.05, 0) is 37.1 Å². The normalized spacial score (nSPS) is 19.1. The van der Waals surface area contributed by atoms with E-state index in [2.05, 4.69) is 10.2 Å². The van der Waals surface area contributed by atoms with Crippen LogP contribution in [0.5, 0.6) is 0 Å². The summed E-state index contributed by atoms with van der Waals surface area (Å²) in [5.74, 6) is 0.390. The largest absolute Gasteiger partial charge is 0.340 e. The molecule has 0 unspecified atom stereocenters. The van der Waals surface area contributed by atoms with Crippen LogP contribution in [0.15, 0.2) is 29.2 Å². The van der Waals surface area contributed by atoms with Crippen molar-refractivity contribution in [1.29, 1.82) is 0 Å². The fraction of sp³-hybridized carbons (Fsp3) is 0.600. The lowest BCUT2D eigenvalue weighted by atomic mass is 9.88. The van der Waals surface area contributed by atoms with Gasteiger partial charge in [0.25, 0.3) is 0 Å². The van der Waals surface area contributed by atoms with Crippen molar-refractivity contribution in [2.75, 3.05) is 38.0 Å². The van der Waals surface area contributed by atoms with Crippen molar-refractivity contribution >= 4 is 27.5 Å². The van der Waals surface area contributed by atoms with E-state index in [0.717, 1.165) is 51.9 Å². The van der Waals surface area contributed by atoms with Crippen LogP contribution in [-0.2, 0) is 19.6 Å². The third-order valence-electron chi connectivity index (χ3n) is 5.76. The van der Waals surface area contributed by atoms with Crippen LogP contribution < -0.4 is 10.5 Å². The van der Waals surface area contributed by atoms with Gasteiger partial charge in [0.2, 0.25) is 21.8 Å². The van der Waals surface area contributed by atoms with E-state index in [4.69, 9.17) is 5.14 Å². The maximum atomic E-state index is 12.6. The van der Waals surface area contributed by atoms with Gasteiger partial charge in [-0.2, -0.15) is 0 Å². The van der Waals surface area contributed by atoms with Crippen LogP contribution in [0, 0.1) is 5.92 Å². The highest BCUT2D eigenvalue weighted by molar-refractivity contribution is 7.89. The van der Waals surface area contributed by atoms with E-state index in [-0.39, 0.29) is 16.7 Å². The molecule has 29 heavy (non-hydrogen) atoms. The minimum atomic E-state index is -3.74. The van der Waals surface area contributed by atoms with Gasteiger partial charge in [-0.15, -0.1) is 0 Å². The Bertz CT molecular complexity index is 811. The summed E-state index contributed by atoms with van der Waals surface area (Å²) in [6.45, 7) is 3.66. The van der Waals surface area contributed by atoms with Crippen LogP contribution in [0.4, 0.5) is 5.69 Å². The van der Waals surface area contributed by atoms with Gasteiger partial charge in [0.15, 0.2) is 0 Å². The third-order valence-corrected chi connectivity index (χ3v) is 6.69. The molecule has 8 nitrogen and oxygen atoms in total. The van der Waals surface area contributed by atoms with Gasteiger partial charge in [0.05, 0.1) is 4.90 Å². The van der Waals surface area contributed by atoms with Crippen LogP contribution in [0.3, 0.4) is 0 Å². The van der Waals surface area contributed by atoms with Crippen LogP contribution in [0.25, 0.3) is 0 Å². The van der Waals surface area contributed by atoms with Crippen molar-refractivity contribution in [2.45, 2.75) is 43.4 Å². The maximum Gasteiger partial charge on any atom is 0.238 e. The molecule has 3 N–H and O–H groups in total. The van der Waals surface area contributed by atoms with Gasteiger partial charge in [-0.3, -0.25) is 14.5 Å². The van der Waals surface area contributed by atoms with Gasteiger partial charge in [0.1, 0.15) is 0 Å². The molecule has 2 fully saturated rings. The smallest absolute Gasteiger partial charge is 0.238 e. The van der Waals surface area contributed by atoms with E-state index in [1.165, 1.54) is 30.7 Å². The predicted molar refractivity (Wildman–Crippen MR) is 111 cm³/mol. The summed E-state index contributed by atoms with van der Waals surface area (Å²) >= 11 is 0. The van der Waals surface area contributed by atoms with Crippen LogP contribution in [-0.4, -0.2) is 62.8 Å². The Morgan fingerprint density at radius 3 is 2.21 bits per heavy atom. The number of carbonyl (C=O) groups is 2. The summed E-state index contributed by atoms with van der Waals surface area (Å²) in [7, 11) is -3.74. The molecule has 1 saturated heterocycles. The average Bonchev–Trinajstić information content (AvgIpc) is 2.72. The molecule has 1 aromatic rings. The predicted octanol–water partition coefficient (Wildman–Crippen LogP) is 1.39. The fourth-order valence-corrected chi connectivity index (χ4v) is 4.53. The van der Waals surface area contributed by atoms with Gasteiger partial charge < -0.3 is 10.2 Å². The number of piperazine rings is 1. The molecular formula is C20H30N4O4S. The molecule has 1 saturated carbocycles. The van der Waals surface area contributed by atoms with E-state index < -0.39 is 10.0 Å². The second kappa shape index (κ2) is 9.69. The minimum absolute atomic E-state index is 0.0103. The fourth-order valence-electron chi connectivity index (χ4n) is 4.01. The summed E-state index contributed by atoms with van der Waals surface area (Å²) in [5, 5.41) is 7.83. The number of hydrogen-bond acceptors (Lipinski definition) is 5. The molecule has 3 rings (SSSR count). The topological polar surface area (TPSA) is 113 Å². The Morgan fingerprint density at radius 1 is 1.00 bits per heavy atom. The van der Waals surface area contributed by atoms with Crippen LogP contribution >= 0.6 is 0 Å². The first kappa shape index (κ1) is 21.7. The number of nitrogens with two attached hydrogens (primary N) is 1. The molecule has 160 valence electrons. The van der Waals surface area contributed by atoms with Gasteiger partial charge >= 0.3 is 0 Å². The zero-order chi connectivity index (χ0) is 20.9. The standard InChI is InChI=1S/C20H30N4O4S/c21-29(27,28)18-8-6-17(7-9-18)22-19(25)10-11-23-12-14-24(15-13-23)20(26)16-4-2-1-3-5-16/h6-9,16H,1-5,10-15H2,(H,22,25)(H2,21,27,28). The molecule has 2 amide bonds. The Hall–Kier alpha value is -1.97. The van der Waals surface area contributed by atoms with Crippen molar-refractivity contribution in [3.63, 3.8) is 0 Å². The number of benzene rings is 1. The van der Waals surface area contributed by atoms with Gasteiger partial charge in [0, 0.05) is 50.7 Å². The molecule has 0 spiro atoms. The summed E-state index contributed by atoms with van der Waals surface area (Å²) < 4.78 is 22.5. The number of carbonyl (C=O) groups excluding carboxylic acids is 2. The van der Waals surface area contributed by atoms with Crippen molar-refractivity contribution < 1.29 is 18.0 Å². The summed E-state index contributed by atoms with van der Waals surface area (Å²) in [4.78, 5) is 29.0. The first-order valence-corrected chi connectivity index (χ1v) is 11.8. The second-order valence-corrected chi connectivity index (χ2v) is 9.43. The highest BCUT2D eigenvalue weighted by Crippen LogP contribution is 2.25. The van der Waals surface area contributed by atoms with Crippen molar-refractivity contribution in [3.05, 3.63) is 24.3 Å². The van der Waals surface area contributed by atoms with Gasteiger partial charge in [-0.1, -0.05) is 19.3 Å². The van der Waals surface area contributed by atoms with E-state index in [1.807, 2.05) is 4.90 Å². The molecular weight excluding hydrogens is 392 g/mol. The lowest BCUT2D eigenvalue weighted by Crippen LogP contribution is -2.50. The zero-order valence-corrected chi connectivity index (χ0v) is 17.5. The summed E-state index contributed by atoms with van der Waals surface area (Å²) in [5.41, 5.74) is 0.533. The number of rotatable bonds is 6. The first-order valence-electron chi connectivity index (χ1n) is 10.3. The Kier molecular flexibility index (Phi) is 7.26. The lowest BCUT2D eigenvalue weighted by molar-refractivity contribution is -0.138. The van der Waals surface area contributed by atoms with E-state index in [1.54, 1.807) is 0 Å². The van der Waals surface area contributed by atoms with Crippen LogP contribution in [0.1, 0.15) is 38.5 Å². The summed E-state index contributed by atoms with van der Waals surface area (Å²) in [6, 6.07) is 5.78. The molecule has 1 heterocycles. The van der Waals surface area contributed by atoms with Crippen molar-refractivity contribution in [3.8, 4) is 0 Å². The number of amides is 2. The van der Waals surface area contributed by atoms with Crippen molar-refractivity contribution in [2.24, 2.45) is 11.1 Å². The Morgan fingerprint density at radius 2 is 1.62 bits per heavy atom. The molecule has 1 aliphatic heterocycles. The Labute approximate surface area is 172 Å². The number of nitrogens with one attached hydrogen (secondary N) is 1. The average molecular weight is 423 g/mol. The Balaban J connectivity index is 1.38. The number of sulfonamides is 1. The van der Waals surface area contributed by atoms with E-state index in [0.29, 0.717) is 24.6 Å². The number of anilines is 1. The molecule has 9 heteroatoms. The molecule has 0 radical (unpaired) electrons. The van der Waals surface area contributed by atoms with Crippen LogP contribution in [0.2, 0.25) is 0 Å². The SMILES string of the molecule is NS(=O)(=O)c1ccc(NC(=O)CCN2CCN(C(=O)C3CCCCC3)CC2)cc1. The highest BCUT2D eigenvalue weighted by atomic mass is 32.2. The van der Waals surface area contributed by atoms with Gasteiger partial charge in [-0.25, -0.2) is 13.6 Å². The molecule has 1 aromatic carbocycles. The monoisotopic (exact) mass is 422 g/mol. The number of primary sulfonamides is 1. The number of nitrogens with zero attached hydrogens (tertiary/aromatic N) is 2. The van der Waals surface area contributed by atoms with E-state index in [9.17, 15) is 18.0 Å². The molecule has 0 atom stereocenters. The molecule has 0 bridgehead atoms. The molecule has 0 aromatic heterocycles. The molecule has 2 aliphatic rings. The van der Waals surface area contributed by atoms with E-state index >= 15 is 0 Å². The maximum absolute atomic E-state index is 12.6. The lowest BCUT2D eigenvalue weighted by Gasteiger charge is -2.37. The first-order chi connectivity index (χ1) is 13.8. The zero-order valence-electron chi connectivity index (χ0n) is 16.7. The number of hydrogen-bond donors (Lipinski definition) is 2.